The average Bonchev–Trinajstić information content (AvgIpc) is 2.89. The van der Waals surface area contributed by atoms with Crippen LogP contribution in [0.2, 0.25) is 0 Å². The molecule has 0 aliphatic heterocycles. The first-order valence-electron chi connectivity index (χ1n) is 7.61. The maximum Gasteiger partial charge on any atom is 0.287 e. The van der Waals surface area contributed by atoms with E-state index in [-0.39, 0.29) is 18.3 Å². The van der Waals surface area contributed by atoms with Crippen LogP contribution in [-0.2, 0) is 0 Å². The van der Waals surface area contributed by atoms with E-state index in [0.29, 0.717) is 18.8 Å². The summed E-state index contributed by atoms with van der Waals surface area (Å²) in [5.41, 5.74) is 7.12. The third-order valence-electron chi connectivity index (χ3n) is 3.95. The number of halogens is 1. The lowest BCUT2D eigenvalue weighted by Crippen LogP contribution is -2.25. The van der Waals surface area contributed by atoms with Crippen molar-refractivity contribution >= 4 is 40.1 Å². The molecule has 1 amide bonds. The number of rotatable bonds is 5. The van der Waals surface area contributed by atoms with Crippen molar-refractivity contribution in [1.82, 2.24) is 5.32 Å². The summed E-state index contributed by atoms with van der Waals surface area (Å²) in [6, 6.07) is 12.1. The Hall–Kier alpha value is -2.04. The molecular weight excluding hydrogens is 312 g/mol. The van der Waals surface area contributed by atoms with E-state index in [1.165, 1.54) is 0 Å². The number of carbonyl (C=O) groups excluding carboxylic acids is 1. The van der Waals surface area contributed by atoms with E-state index in [1.54, 1.807) is 0 Å². The van der Waals surface area contributed by atoms with Crippen molar-refractivity contribution in [1.29, 1.82) is 0 Å². The number of fused-ring (bicyclic) bond motifs is 3. The largest absolute Gasteiger partial charge is 0.450 e. The van der Waals surface area contributed by atoms with Crippen LogP contribution in [0.25, 0.3) is 21.7 Å². The predicted molar refractivity (Wildman–Crippen MR) is 96.3 cm³/mol. The van der Waals surface area contributed by atoms with E-state index >= 15 is 0 Å². The summed E-state index contributed by atoms with van der Waals surface area (Å²) < 4.78 is 5.89. The smallest absolute Gasteiger partial charge is 0.287 e. The van der Waals surface area contributed by atoms with Gasteiger partial charge in [-0.1, -0.05) is 36.4 Å². The lowest BCUT2D eigenvalue weighted by Gasteiger charge is -2.02. The predicted octanol–water partition coefficient (Wildman–Crippen LogP) is 3.78. The zero-order chi connectivity index (χ0) is 15.5. The average molecular weight is 333 g/mol. The van der Waals surface area contributed by atoms with Gasteiger partial charge in [-0.2, -0.15) is 0 Å². The molecule has 3 N–H and O–H groups in total. The van der Waals surface area contributed by atoms with E-state index < -0.39 is 0 Å². The SMILES string of the molecule is Cc1c(C(=O)NCCCCN)oc2c1ccc1ccccc12.Cl. The Morgan fingerprint density at radius 2 is 1.91 bits per heavy atom. The third-order valence-corrected chi connectivity index (χ3v) is 3.95. The standard InChI is InChI=1S/C18H20N2O2.ClH/c1-12-14-9-8-13-6-2-3-7-15(13)17(14)22-16(12)18(21)20-11-5-4-10-19;/h2-3,6-9H,4-5,10-11,19H2,1H3,(H,20,21);1H. The molecule has 3 rings (SSSR count). The van der Waals surface area contributed by atoms with Crippen LogP contribution >= 0.6 is 12.4 Å². The molecule has 0 spiro atoms. The van der Waals surface area contributed by atoms with Gasteiger partial charge in [0, 0.05) is 22.9 Å². The number of aryl methyl sites for hydroxylation is 1. The highest BCUT2D eigenvalue weighted by molar-refractivity contribution is 6.08. The van der Waals surface area contributed by atoms with Crippen LogP contribution in [0.1, 0.15) is 29.0 Å². The molecule has 4 nitrogen and oxygen atoms in total. The van der Waals surface area contributed by atoms with Crippen molar-refractivity contribution in [2.24, 2.45) is 5.73 Å². The molecule has 0 aliphatic rings. The Bertz CT molecular complexity index is 826. The van der Waals surface area contributed by atoms with Gasteiger partial charge in [-0.25, -0.2) is 0 Å². The van der Waals surface area contributed by atoms with E-state index in [1.807, 2.05) is 37.3 Å². The summed E-state index contributed by atoms with van der Waals surface area (Å²) in [6.45, 7) is 3.19. The van der Waals surface area contributed by atoms with Crippen molar-refractivity contribution in [3.05, 3.63) is 47.7 Å². The zero-order valence-corrected chi connectivity index (χ0v) is 13.9. The van der Waals surface area contributed by atoms with Crippen LogP contribution < -0.4 is 11.1 Å². The molecule has 0 aliphatic carbocycles. The number of nitrogens with two attached hydrogens (primary N) is 1. The fourth-order valence-corrected chi connectivity index (χ4v) is 2.72. The first-order valence-corrected chi connectivity index (χ1v) is 7.61. The third kappa shape index (κ3) is 3.33. The molecule has 1 heterocycles. The number of hydrogen-bond acceptors (Lipinski definition) is 3. The molecular formula is C18H21ClN2O2. The fraction of sp³-hybridized carbons (Fsp3) is 0.278. The maximum absolute atomic E-state index is 12.3. The Morgan fingerprint density at radius 1 is 1.13 bits per heavy atom. The molecule has 122 valence electrons. The van der Waals surface area contributed by atoms with Crippen LogP contribution in [-0.4, -0.2) is 19.0 Å². The first kappa shape index (κ1) is 17.3. The van der Waals surface area contributed by atoms with Gasteiger partial charge >= 0.3 is 0 Å². The molecule has 0 fully saturated rings. The number of unbranched alkanes of at least 4 members (excludes halogenated alkanes) is 1. The molecule has 5 heteroatoms. The van der Waals surface area contributed by atoms with Crippen molar-refractivity contribution in [3.8, 4) is 0 Å². The highest BCUT2D eigenvalue weighted by Crippen LogP contribution is 2.31. The van der Waals surface area contributed by atoms with Crippen LogP contribution in [0.15, 0.2) is 40.8 Å². The monoisotopic (exact) mass is 332 g/mol. The van der Waals surface area contributed by atoms with Crippen molar-refractivity contribution in [2.75, 3.05) is 13.1 Å². The second-order valence-corrected chi connectivity index (χ2v) is 5.47. The van der Waals surface area contributed by atoms with Gasteiger partial charge in [-0.15, -0.1) is 12.4 Å². The number of furan rings is 1. The van der Waals surface area contributed by atoms with Gasteiger partial charge in [-0.3, -0.25) is 4.79 Å². The molecule has 0 bridgehead atoms. The quantitative estimate of drug-likeness (QED) is 0.698. The summed E-state index contributed by atoms with van der Waals surface area (Å²) in [4.78, 5) is 12.3. The summed E-state index contributed by atoms with van der Waals surface area (Å²) in [5.74, 6) is 0.244. The summed E-state index contributed by atoms with van der Waals surface area (Å²) in [7, 11) is 0. The zero-order valence-electron chi connectivity index (χ0n) is 13.1. The fourth-order valence-electron chi connectivity index (χ4n) is 2.72. The minimum atomic E-state index is -0.158. The molecule has 0 unspecified atom stereocenters. The van der Waals surface area contributed by atoms with Crippen molar-refractivity contribution < 1.29 is 9.21 Å². The Balaban J connectivity index is 0.00000192. The lowest BCUT2D eigenvalue weighted by atomic mass is 10.1. The number of hydrogen-bond donors (Lipinski definition) is 2. The lowest BCUT2D eigenvalue weighted by molar-refractivity contribution is 0.0927. The van der Waals surface area contributed by atoms with Gasteiger partial charge in [-0.05, 0) is 31.7 Å². The van der Waals surface area contributed by atoms with Gasteiger partial charge in [0.1, 0.15) is 5.58 Å². The second kappa shape index (κ2) is 7.49. The van der Waals surface area contributed by atoms with Crippen molar-refractivity contribution in [2.45, 2.75) is 19.8 Å². The summed E-state index contributed by atoms with van der Waals surface area (Å²) >= 11 is 0. The topological polar surface area (TPSA) is 68.3 Å². The van der Waals surface area contributed by atoms with Crippen LogP contribution in [0.3, 0.4) is 0 Å². The van der Waals surface area contributed by atoms with Gasteiger partial charge in [0.2, 0.25) is 0 Å². The minimum Gasteiger partial charge on any atom is -0.450 e. The molecule has 2 aromatic carbocycles. The van der Waals surface area contributed by atoms with E-state index in [0.717, 1.165) is 40.1 Å². The molecule has 0 atom stereocenters. The van der Waals surface area contributed by atoms with Crippen LogP contribution in [0.5, 0.6) is 0 Å². The van der Waals surface area contributed by atoms with E-state index in [4.69, 9.17) is 10.2 Å². The van der Waals surface area contributed by atoms with Crippen LogP contribution in [0.4, 0.5) is 0 Å². The van der Waals surface area contributed by atoms with Crippen molar-refractivity contribution in [3.63, 3.8) is 0 Å². The molecule has 0 saturated carbocycles. The normalized spacial score (nSPS) is 10.7. The van der Waals surface area contributed by atoms with E-state index in [9.17, 15) is 4.79 Å². The van der Waals surface area contributed by atoms with Crippen LogP contribution in [0, 0.1) is 6.92 Å². The summed E-state index contributed by atoms with van der Waals surface area (Å²) in [6.07, 6.45) is 1.79. The molecule has 3 aromatic rings. The van der Waals surface area contributed by atoms with Gasteiger partial charge < -0.3 is 15.5 Å². The van der Waals surface area contributed by atoms with Gasteiger partial charge in [0.05, 0.1) is 0 Å². The number of carbonyl (C=O) groups is 1. The number of amides is 1. The van der Waals surface area contributed by atoms with E-state index in [2.05, 4.69) is 11.4 Å². The Kier molecular flexibility index (Phi) is 5.64. The molecule has 1 aromatic heterocycles. The molecule has 0 saturated heterocycles. The second-order valence-electron chi connectivity index (χ2n) is 5.47. The Morgan fingerprint density at radius 3 is 2.70 bits per heavy atom. The minimum absolute atomic E-state index is 0. The molecule has 0 radical (unpaired) electrons. The first-order chi connectivity index (χ1) is 10.7. The Labute approximate surface area is 141 Å². The maximum atomic E-state index is 12.3. The molecule has 23 heavy (non-hydrogen) atoms. The summed E-state index contributed by atoms with van der Waals surface area (Å²) in [5, 5.41) is 6.03. The van der Waals surface area contributed by atoms with Gasteiger partial charge in [0.15, 0.2) is 5.76 Å². The number of benzene rings is 2. The highest BCUT2D eigenvalue weighted by Gasteiger charge is 2.18. The highest BCUT2D eigenvalue weighted by atomic mass is 35.5. The number of nitrogens with one attached hydrogen (secondary N) is 1. The van der Waals surface area contributed by atoms with Gasteiger partial charge in [0.25, 0.3) is 5.91 Å².